The zero-order valence-corrected chi connectivity index (χ0v) is 9.70. The summed E-state index contributed by atoms with van der Waals surface area (Å²) in [5, 5.41) is 11.3. The Hall–Kier alpha value is -2.37. The van der Waals surface area contributed by atoms with Gasteiger partial charge in [0.15, 0.2) is 0 Å². The topological polar surface area (TPSA) is 88.5 Å². The van der Waals surface area contributed by atoms with Gasteiger partial charge in [0.2, 0.25) is 0 Å². The maximum Gasteiger partial charge on any atom is 0.408 e. The standard InChI is InChI=1S/C12H14N2O4/c1-2-6-18-12(17)14-10(11(15)16)7-9-4-3-5-13-8-9/h2-5,8,10H,1,6-7H2,(H,14,17)(H,15,16)/t10-/m0/s1. The van der Waals surface area contributed by atoms with E-state index in [2.05, 4.69) is 21.6 Å². The first-order chi connectivity index (χ1) is 8.63. The normalized spacial score (nSPS) is 11.3. The molecule has 1 rings (SSSR count). The molecule has 18 heavy (non-hydrogen) atoms. The van der Waals surface area contributed by atoms with Gasteiger partial charge in [0.25, 0.3) is 0 Å². The van der Waals surface area contributed by atoms with Crippen molar-refractivity contribution in [3.8, 4) is 0 Å². The second-order valence-electron chi connectivity index (χ2n) is 3.49. The smallest absolute Gasteiger partial charge is 0.408 e. The SMILES string of the molecule is C=CCOC(=O)N[C@@H](Cc1cccnc1)C(=O)O. The Labute approximate surface area is 104 Å². The van der Waals surface area contributed by atoms with Crippen LogP contribution < -0.4 is 5.32 Å². The fourth-order valence-electron chi connectivity index (χ4n) is 1.27. The number of hydrogen-bond acceptors (Lipinski definition) is 4. The highest BCUT2D eigenvalue weighted by atomic mass is 16.5. The number of alkyl carbamates (subject to hydrolysis) is 1. The lowest BCUT2D eigenvalue weighted by molar-refractivity contribution is -0.139. The van der Waals surface area contributed by atoms with Crippen molar-refractivity contribution in [2.75, 3.05) is 6.61 Å². The number of aliphatic carboxylic acids is 1. The van der Waals surface area contributed by atoms with Crippen LogP contribution in [0.3, 0.4) is 0 Å². The number of carbonyl (C=O) groups is 2. The Morgan fingerprint density at radius 1 is 1.61 bits per heavy atom. The largest absolute Gasteiger partial charge is 0.480 e. The number of nitrogens with one attached hydrogen (secondary N) is 1. The molecule has 6 heteroatoms. The highest BCUT2D eigenvalue weighted by Gasteiger charge is 2.20. The third kappa shape index (κ3) is 4.65. The Kier molecular flexibility index (Phi) is 5.37. The molecule has 1 aromatic rings. The van der Waals surface area contributed by atoms with Gasteiger partial charge >= 0.3 is 12.1 Å². The van der Waals surface area contributed by atoms with E-state index in [9.17, 15) is 9.59 Å². The van der Waals surface area contributed by atoms with E-state index in [0.717, 1.165) is 0 Å². The minimum atomic E-state index is -1.13. The summed E-state index contributed by atoms with van der Waals surface area (Å²) in [6.45, 7) is 3.42. The Bertz CT molecular complexity index is 419. The number of carboxylic acid groups (broad SMARTS) is 1. The molecule has 0 aliphatic carbocycles. The summed E-state index contributed by atoms with van der Waals surface area (Å²) in [5.74, 6) is -1.13. The lowest BCUT2D eigenvalue weighted by Crippen LogP contribution is -2.42. The molecule has 1 heterocycles. The molecular formula is C12H14N2O4. The molecule has 1 aromatic heterocycles. The molecule has 0 saturated heterocycles. The van der Waals surface area contributed by atoms with Crippen molar-refractivity contribution in [3.63, 3.8) is 0 Å². The van der Waals surface area contributed by atoms with E-state index in [4.69, 9.17) is 5.11 Å². The summed E-state index contributed by atoms with van der Waals surface area (Å²) in [6, 6.07) is 2.38. The number of ether oxygens (including phenoxy) is 1. The third-order valence-corrected chi connectivity index (χ3v) is 2.09. The van der Waals surface area contributed by atoms with E-state index in [1.54, 1.807) is 24.5 Å². The van der Waals surface area contributed by atoms with Crippen molar-refractivity contribution < 1.29 is 19.4 Å². The monoisotopic (exact) mass is 250 g/mol. The number of nitrogens with zero attached hydrogens (tertiary/aromatic N) is 1. The van der Waals surface area contributed by atoms with Gasteiger partial charge in [-0.2, -0.15) is 0 Å². The zero-order valence-electron chi connectivity index (χ0n) is 9.70. The van der Waals surface area contributed by atoms with E-state index < -0.39 is 18.1 Å². The van der Waals surface area contributed by atoms with Crippen LogP contribution >= 0.6 is 0 Å². The van der Waals surface area contributed by atoms with E-state index in [-0.39, 0.29) is 13.0 Å². The third-order valence-electron chi connectivity index (χ3n) is 2.09. The Morgan fingerprint density at radius 3 is 2.94 bits per heavy atom. The zero-order chi connectivity index (χ0) is 13.4. The van der Waals surface area contributed by atoms with Gasteiger partial charge in [-0.1, -0.05) is 18.7 Å². The number of amides is 1. The van der Waals surface area contributed by atoms with Crippen LogP contribution in [0.2, 0.25) is 0 Å². The lowest BCUT2D eigenvalue weighted by atomic mass is 10.1. The van der Waals surface area contributed by atoms with Crippen LogP contribution in [0, 0.1) is 0 Å². The molecule has 0 saturated carbocycles. The van der Waals surface area contributed by atoms with Gasteiger partial charge in [-0.25, -0.2) is 9.59 Å². The van der Waals surface area contributed by atoms with E-state index >= 15 is 0 Å². The van der Waals surface area contributed by atoms with Crippen molar-refractivity contribution in [2.45, 2.75) is 12.5 Å². The first-order valence-corrected chi connectivity index (χ1v) is 5.29. The van der Waals surface area contributed by atoms with E-state index in [1.165, 1.54) is 6.08 Å². The van der Waals surface area contributed by atoms with E-state index in [0.29, 0.717) is 5.56 Å². The van der Waals surface area contributed by atoms with Crippen LogP contribution in [-0.4, -0.2) is 34.8 Å². The molecule has 0 aromatic carbocycles. The summed E-state index contributed by atoms with van der Waals surface area (Å²) >= 11 is 0. The van der Waals surface area contributed by atoms with Crippen molar-refractivity contribution >= 4 is 12.1 Å². The number of aromatic nitrogens is 1. The molecule has 6 nitrogen and oxygen atoms in total. The summed E-state index contributed by atoms with van der Waals surface area (Å²) < 4.78 is 4.66. The fourth-order valence-corrected chi connectivity index (χ4v) is 1.27. The van der Waals surface area contributed by atoms with Crippen LogP contribution in [0.5, 0.6) is 0 Å². The number of carbonyl (C=O) groups excluding carboxylic acids is 1. The molecule has 0 bridgehead atoms. The van der Waals surface area contributed by atoms with Crippen molar-refractivity contribution in [1.29, 1.82) is 0 Å². The first-order valence-electron chi connectivity index (χ1n) is 5.29. The van der Waals surface area contributed by atoms with Crippen molar-refractivity contribution in [2.24, 2.45) is 0 Å². The highest BCUT2D eigenvalue weighted by molar-refractivity contribution is 5.80. The minimum absolute atomic E-state index is 0.0328. The molecular weight excluding hydrogens is 236 g/mol. The molecule has 0 aliphatic rings. The predicted octanol–water partition coefficient (Wildman–Crippen LogP) is 0.990. The van der Waals surface area contributed by atoms with Crippen LogP contribution in [0.1, 0.15) is 5.56 Å². The van der Waals surface area contributed by atoms with Gasteiger partial charge in [0, 0.05) is 18.8 Å². The van der Waals surface area contributed by atoms with E-state index in [1.807, 2.05) is 0 Å². The quantitative estimate of drug-likeness (QED) is 0.735. The maximum atomic E-state index is 11.2. The Morgan fingerprint density at radius 2 is 2.39 bits per heavy atom. The summed E-state index contributed by atoms with van der Waals surface area (Å²) in [4.78, 5) is 26.1. The number of hydrogen-bond donors (Lipinski definition) is 2. The van der Waals surface area contributed by atoms with Gasteiger partial charge in [-0.3, -0.25) is 4.98 Å². The minimum Gasteiger partial charge on any atom is -0.480 e. The van der Waals surface area contributed by atoms with Crippen LogP contribution in [-0.2, 0) is 16.0 Å². The second-order valence-corrected chi connectivity index (χ2v) is 3.49. The average Bonchev–Trinajstić information content (AvgIpc) is 2.36. The lowest BCUT2D eigenvalue weighted by Gasteiger charge is -2.13. The second kappa shape index (κ2) is 7.05. The van der Waals surface area contributed by atoms with Gasteiger partial charge in [-0.05, 0) is 11.6 Å². The van der Waals surface area contributed by atoms with Crippen LogP contribution in [0.4, 0.5) is 4.79 Å². The van der Waals surface area contributed by atoms with Crippen molar-refractivity contribution in [3.05, 3.63) is 42.7 Å². The molecule has 0 radical (unpaired) electrons. The van der Waals surface area contributed by atoms with Gasteiger partial charge in [0.05, 0.1) is 0 Å². The number of carboxylic acids is 1. The van der Waals surface area contributed by atoms with Gasteiger partial charge < -0.3 is 15.2 Å². The van der Waals surface area contributed by atoms with Gasteiger partial charge in [0.1, 0.15) is 12.6 Å². The highest BCUT2D eigenvalue weighted by Crippen LogP contribution is 2.02. The molecule has 0 fully saturated rings. The predicted molar refractivity (Wildman–Crippen MR) is 64.0 cm³/mol. The number of rotatable bonds is 6. The molecule has 1 atom stereocenters. The molecule has 0 aliphatic heterocycles. The molecule has 96 valence electrons. The summed E-state index contributed by atoms with van der Waals surface area (Å²) in [5.41, 5.74) is 0.717. The fraction of sp³-hybridized carbons (Fsp3) is 0.250. The average molecular weight is 250 g/mol. The molecule has 1 amide bonds. The molecule has 2 N–H and O–H groups in total. The van der Waals surface area contributed by atoms with Crippen molar-refractivity contribution in [1.82, 2.24) is 10.3 Å². The first kappa shape index (κ1) is 13.7. The molecule has 0 spiro atoms. The number of pyridine rings is 1. The summed E-state index contributed by atoms with van der Waals surface area (Å²) in [7, 11) is 0. The maximum absolute atomic E-state index is 11.2. The van der Waals surface area contributed by atoms with Gasteiger partial charge in [-0.15, -0.1) is 0 Å². The van der Waals surface area contributed by atoms with Crippen LogP contribution in [0.25, 0.3) is 0 Å². The van der Waals surface area contributed by atoms with Crippen LogP contribution in [0.15, 0.2) is 37.2 Å². The Balaban J connectivity index is 2.58. The molecule has 0 unspecified atom stereocenters. The summed E-state index contributed by atoms with van der Waals surface area (Å²) in [6.07, 6.45) is 3.90.